The molecule has 284 valence electrons. The van der Waals surface area contributed by atoms with Gasteiger partial charge in [-0.1, -0.05) is 164 Å². The van der Waals surface area contributed by atoms with Crippen LogP contribution in [0.5, 0.6) is 0 Å². The fraction of sp³-hybridized carbons (Fsp3) is 0. The van der Waals surface area contributed by atoms with Gasteiger partial charge in [0.05, 0.1) is 27.6 Å². The fourth-order valence-corrected chi connectivity index (χ4v) is 15.7. The zero-order valence-electron chi connectivity index (χ0n) is 33.2. The maximum absolute atomic E-state index is 5.02. The van der Waals surface area contributed by atoms with Gasteiger partial charge in [0.1, 0.15) is 0 Å². The van der Waals surface area contributed by atoms with Crippen molar-refractivity contribution in [1.29, 1.82) is 0 Å². The molecule has 61 heavy (non-hydrogen) atoms. The summed E-state index contributed by atoms with van der Waals surface area (Å²) in [5, 5.41) is 16.6. The molecule has 0 aliphatic heterocycles. The Bertz CT molecular complexity index is 3730. The van der Waals surface area contributed by atoms with Crippen molar-refractivity contribution >= 4 is 105 Å². The minimum Gasteiger partial charge on any atom is -0.309 e. The second-order valence-corrected chi connectivity index (χ2v) is 20.1. The number of para-hydroxylation sites is 3. The first kappa shape index (κ1) is 34.1. The molecule has 3 heterocycles. The number of aromatic nitrogens is 3. The standard InChI is InChI=1S/C57H37N3Si/c1-3-19-42(20-4-1)61(43-21-5-2-6-22-43,55-34-38-16-13-17-39-37-58-50-28-15-27-48(55)57(50)56(38)39)44-23-14-18-40(35-44)59-53-31-12-9-26-47(53)49-36-41(32-33-54(49)59)60-51-29-10-7-24-45(51)46-25-8-11-30-52(46)60/h1-37H. The SMILES string of the molecule is c1ccc([Si](c2ccccc2)(c2cccc(-n3c4ccccc4c4cc(-n5c6ccccc6c6ccccc65)ccc43)c2)c2cc3cccc4cnc5cccc2c5c43)cc1. The minimum absolute atomic E-state index is 1.03. The van der Waals surface area contributed by atoms with E-state index in [0.717, 1.165) is 16.9 Å². The van der Waals surface area contributed by atoms with Crippen LogP contribution in [0.15, 0.2) is 225 Å². The third-order valence-electron chi connectivity index (χ3n) is 13.2. The van der Waals surface area contributed by atoms with E-state index >= 15 is 0 Å². The summed E-state index contributed by atoms with van der Waals surface area (Å²) in [4.78, 5) is 5.02. The molecule has 0 radical (unpaired) electrons. The molecule has 0 aliphatic carbocycles. The molecule has 0 aliphatic rings. The number of nitrogens with zero attached hydrogens (tertiary/aromatic N) is 3. The van der Waals surface area contributed by atoms with Gasteiger partial charge in [0.2, 0.25) is 0 Å². The lowest BCUT2D eigenvalue weighted by atomic mass is 9.98. The average Bonchev–Trinajstić information content (AvgIpc) is 3.85. The predicted molar refractivity (Wildman–Crippen MR) is 260 cm³/mol. The van der Waals surface area contributed by atoms with Crippen molar-refractivity contribution in [2.75, 3.05) is 0 Å². The quantitative estimate of drug-likeness (QED) is 0.0934. The highest BCUT2D eigenvalue weighted by molar-refractivity contribution is 7.20. The number of hydrogen-bond acceptors (Lipinski definition) is 1. The van der Waals surface area contributed by atoms with Gasteiger partial charge < -0.3 is 9.13 Å². The first-order valence-corrected chi connectivity index (χ1v) is 23.0. The van der Waals surface area contributed by atoms with E-state index in [9.17, 15) is 0 Å². The second-order valence-electron chi connectivity index (χ2n) is 16.3. The number of pyridine rings is 1. The number of hydrogen-bond donors (Lipinski definition) is 0. The Kier molecular flexibility index (Phi) is 7.33. The molecule has 3 aromatic heterocycles. The van der Waals surface area contributed by atoms with Crippen LogP contribution in [0.1, 0.15) is 0 Å². The summed E-state index contributed by atoms with van der Waals surface area (Å²) in [7, 11) is -3.04. The normalized spacial score (nSPS) is 12.3. The Morgan fingerprint density at radius 2 is 0.836 bits per heavy atom. The van der Waals surface area contributed by atoms with E-state index in [1.165, 1.54) is 91.3 Å². The molecule has 0 bridgehead atoms. The molecular weight excluding hydrogens is 755 g/mol. The summed E-state index contributed by atoms with van der Waals surface area (Å²) in [6, 6.07) is 81.4. The summed E-state index contributed by atoms with van der Waals surface area (Å²) >= 11 is 0. The van der Waals surface area contributed by atoms with Crippen molar-refractivity contribution in [2.24, 2.45) is 0 Å². The molecule has 0 saturated heterocycles. The summed E-state index contributed by atoms with van der Waals surface area (Å²) in [6.45, 7) is 0. The van der Waals surface area contributed by atoms with Crippen molar-refractivity contribution in [1.82, 2.24) is 14.1 Å². The summed E-state index contributed by atoms with van der Waals surface area (Å²) in [6.07, 6.45) is 2.03. The molecule has 4 heteroatoms. The van der Waals surface area contributed by atoms with Gasteiger partial charge in [-0.3, -0.25) is 4.98 Å². The Hall–Kier alpha value is -7.79. The molecule has 10 aromatic carbocycles. The Labute approximate surface area is 353 Å². The van der Waals surface area contributed by atoms with E-state index in [-0.39, 0.29) is 0 Å². The van der Waals surface area contributed by atoms with Crippen molar-refractivity contribution in [3.63, 3.8) is 0 Å². The van der Waals surface area contributed by atoms with Crippen LogP contribution in [-0.4, -0.2) is 22.2 Å². The zero-order chi connectivity index (χ0) is 40.1. The fourth-order valence-electron chi connectivity index (χ4n) is 10.7. The van der Waals surface area contributed by atoms with Crippen molar-refractivity contribution in [3.05, 3.63) is 225 Å². The first-order chi connectivity index (χ1) is 30.3. The lowest BCUT2D eigenvalue weighted by Gasteiger charge is -2.36. The molecule has 0 unspecified atom stereocenters. The Morgan fingerprint density at radius 1 is 0.328 bits per heavy atom. The van der Waals surface area contributed by atoms with Crippen LogP contribution in [-0.2, 0) is 0 Å². The predicted octanol–water partition coefficient (Wildman–Crippen LogP) is 11.6. The highest BCUT2D eigenvalue weighted by Gasteiger charge is 2.43. The molecular formula is C57H37N3Si. The van der Waals surface area contributed by atoms with E-state index in [1.807, 2.05) is 6.20 Å². The smallest absolute Gasteiger partial charge is 0.180 e. The van der Waals surface area contributed by atoms with Crippen LogP contribution in [0.4, 0.5) is 0 Å². The Morgan fingerprint density at radius 3 is 1.51 bits per heavy atom. The van der Waals surface area contributed by atoms with Gasteiger partial charge in [0.25, 0.3) is 0 Å². The molecule has 3 nitrogen and oxygen atoms in total. The van der Waals surface area contributed by atoms with E-state index in [4.69, 9.17) is 4.98 Å². The number of benzene rings is 10. The van der Waals surface area contributed by atoms with Gasteiger partial charge in [-0.05, 0) is 86.1 Å². The lowest BCUT2D eigenvalue weighted by Crippen LogP contribution is -2.75. The van der Waals surface area contributed by atoms with Gasteiger partial charge >= 0.3 is 0 Å². The highest BCUT2D eigenvalue weighted by Crippen LogP contribution is 2.38. The van der Waals surface area contributed by atoms with Gasteiger partial charge in [-0.15, -0.1) is 0 Å². The monoisotopic (exact) mass is 791 g/mol. The zero-order valence-corrected chi connectivity index (χ0v) is 34.2. The third-order valence-corrected chi connectivity index (χ3v) is 18.0. The van der Waals surface area contributed by atoms with Crippen molar-refractivity contribution < 1.29 is 0 Å². The van der Waals surface area contributed by atoms with E-state index in [0.29, 0.717) is 0 Å². The largest absolute Gasteiger partial charge is 0.309 e. The molecule has 13 rings (SSSR count). The number of rotatable bonds is 6. The van der Waals surface area contributed by atoms with E-state index in [2.05, 4.69) is 228 Å². The summed E-state index contributed by atoms with van der Waals surface area (Å²) < 4.78 is 4.90. The molecule has 0 atom stereocenters. The maximum atomic E-state index is 5.02. The van der Waals surface area contributed by atoms with Gasteiger partial charge in [0, 0.05) is 55.3 Å². The van der Waals surface area contributed by atoms with Crippen molar-refractivity contribution in [2.45, 2.75) is 0 Å². The average molecular weight is 792 g/mol. The topological polar surface area (TPSA) is 22.8 Å². The molecule has 0 fully saturated rings. The van der Waals surface area contributed by atoms with Crippen LogP contribution in [0.25, 0.3) is 87.4 Å². The third kappa shape index (κ3) is 4.82. The van der Waals surface area contributed by atoms with Gasteiger partial charge in [-0.25, -0.2) is 0 Å². The lowest BCUT2D eigenvalue weighted by molar-refractivity contribution is 1.17. The number of fused-ring (bicyclic) bond motifs is 6. The summed E-state index contributed by atoms with van der Waals surface area (Å²) in [5.41, 5.74) is 8.14. The molecule has 0 amide bonds. The molecule has 0 spiro atoms. The van der Waals surface area contributed by atoms with E-state index in [1.54, 1.807) is 0 Å². The Balaban J connectivity index is 1.10. The van der Waals surface area contributed by atoms with Gasteiger partial charge in [-0.2, -0.15) is 0 Å². The van der Waals surface area contributed by atoms with Gasteiger partial charge in [0.15, 0.2) is 8.07 Å². The first-order valence-electron chi connectivity index (χ1n) is 21.0. The van der Waals surface area contributed by atoms with Crippen LogP contribution in [0, 0.1) is 0 Å². The van der Waals surface area contributed by atoms with Crippen LogP contribution < -0.4 is 20.7 Å². The molecule has 13 aromatic rings. The van der Waals surface area contributed by atoms with Crippen LogP contribution in [0.3, 0.4) is 0 Å². The van der Waals surface area contributed by atoms with E-state index < -0.39 is 8.07 Å². The molecule has 0 saturated carbocycles. The minimum atomic E-state index is -3.04. The van der Waals surface area contributed by atoms with Crippen LogP contribution >= 0.6 is 0 Å². The highest BCUT2D eigenvalue weighted by atomic mass is 28.3. The molecule has 0 N–H and O–H groups in total. The second kappa shape index (κ2) is 13.1. The van der Waals surface area contributed by atoms with Crippen LogP contribution in [0.2, 0.25) is 0 Å². The van der Waals surface area contributed by atoms with Crippen molar-refractivity contribution in [3.8, 4) is 11.4 Å². The maximum Gasteiger partial charge on any atom is 0.180 e. The summed E-state index contributed by atoms with van der Waals surface area (Å²) in [5.74, 6) is 0.